The van der Waals surface area contributed by atoms with Crippen LogP contribution in [-0.2, 0) is 9.84 Å². The normalized spacial score (nSPS) is 13.1. The Morgan fingerprint density at radius 3 is 1.87 bits per heavy atom. The first-order valence-electron chi connectivity index (χ1n) is 5.62. The second-order valence-electron chi connectivity index (χ2n) is 4.99. The van der Waals surface area contributed by atoms with Crippen LogP contribution >= 0.6 is 0 Å². The first kappa shape index (κ1) is 14.9. The molecule has 0 saturated carbocycles. The van der Waals surface area contributed by atoms with E-state index in [0.717, 1.165) is 6.54 Å². The maximum absolute atomic E-state index is 10.9. The van der Waals surface area contributed by atoms with Crippen LogP contribution in [0.1, 0.15) is 27.7 Å². The zero-order valence-corrected chi connectivity index (χ0v) is 11.4. The van der Waals surface area contributed by atoms with E-state index >= 15 is 0 Å². The molecule has 0 aromatic carbocycles. The predicted molar refractivity (Wildman–Crippen MR) is 65.7 cm³/mol. The van der Waals surface area contributed by atoms with Gasteiger partial charge in [-0.1, -0.05) is 27.7 Å². The van der Waals surface area contributed by atoms with E-state index in [1.165, 1.54) is 6.26 Å². The van der Waals surface area contributed by atoms with Crippen molar-refractivity contribution in [1.82, 2.24) is 5.32 Å². The van der Waals surface area contributed by atoms with Crippen molar-refractivity contribution in [3.63, 3.8) is 0 Å². The fraction of sp³-hybridized carbons (Fsp3) is 1.00. The van der Waals surface area contributed by atoms with Gasteiger partial charge in [0.25, 0.3) is 0 Å². The highest BCUT2D eigenvalue weighted by molar-refractivity contribution is 7.90. The quantitative estimate of drug-likeness (QED) is 0.681. The molecule has 4 heteroatoms. The van der Waals surface area contributed by atoms with Gasteiger partial charge in [-0.2, -0.15) is 0 Å². The lowest BCUT2D eigenvalue weighted by Gasteiger charge is -2.25. The van der Waals surface area contributed by atoms with Gasteiger partial charge in [-0.15, -0.1) is 0 Å². The topological polar surface area (TPSA) is 46.2 Å². The molecule has 0 rings (SSSR count). The summed E-state index contributed by atoms with van der Waals surface area (Å²) >= 11 is 0. The fourth-order valence-corrected chi connectivity index (χ4v) is 2.28. The van der Waals surface area contributed by atoms with Crippen molar-refractivity contribution < 1.29 is 8.42 Å². The van der Waals surface area contributed by atoms with Crippen molar-refractivity contribution in [2.75, 3.05) is 25.1 Å². The molecule has 0 bridgehead atoms. The Labute approximate surface area is 94.6 Å². The molecule has 1 N–H and O–H groups in total. The van der Waals surface area contributed by atoms with Crippen LogP contribution in [0.25, 0.3) is 0 Å². The summed E-state index contributed by atoms with van der Waals surface area (Å²) in [6.45, 7) is 10.3. The minimum atomic E-state index is -2.83. The van der Waals surface area contributed by atoms with E-state index in [1.807, 2.05) is 0 Å². The van der Waals surface area contributed by atoms with E-state index in [9.17, 15) is 8.42 Å². The van der Waals surface area contributed by atoms with Crippen LogP contribution < -0.4 is 5.32 Å². The third kappa shape index (κ3) is 7.79. The molecule has 0 heterocycles. The maximum Gasteiger partial charge on any atom is 0.148 e. The Kier molecular flexibility index (Phi) is 6.44. The Morgan fingerprint density at radius 2 is 1.53 bits per heavy atom. The molecular weight excluding hydrogens is 210 g/mol. The van der Waals surface area contributed by atoms with Gasteiger partial charge in [0.05, 0.1) is 5.75 Å². The second kappa shape index (κ2) is 6.48. The minimum absolute atomic E-state index is 0.232. The molecule has 92 valence electrons. The predicted octanol–water partition coefficient (Wildman–Crippen LogP) is 1.55. The second-order valence-corrected chi connectivity index (χ2v) is 7.25. The van der Waals surface area contributed by atoms with Gasteiger partial charge in [0.1, 0.15) is 9.84 Å². The van der Waals surface area contributed by atoms with E-state index in [0.29, 0.717) is 24.3 Å². The zero-order chi connectivity index (χ0) is 12.1. The molecule has 0 aliphatic carbocycles. The van der Waals surface area contributed by atoms with E-state index in [2.05, 4.69) is 33.0 Å². The highest BCUT2D eigenvalue weighted by atomic mass is 32.2. The monoisotopic (exact) mass is 235 g/mol. The summed E-state index contributed by atoms with van der Waals surface area (Å²) < 4.78 is 21.8. The Balaban J connectivity index is 3.83. The molecule has 0 amide bonds. The summed E-state index contributed by atoms with van der Waals surface area (Å²) in [6, 6.07) is 0. The third-order valence-corrected chi connectivity index (χ3v) is 3.69. The molecule has 0 aromatic heterocycles. The van der Waals surface area contributed by atoms with Crippen LogP contribution in [0.4, 0.5) is 0 Å². The van der Waals surface area contributed by atoms with Gasteiger partial charge in [-0.05, 0) is 24.3 Å². The molecule has 0 atom stereocenters. The number of sulfone groups is 1. The number of hydrogen-bond donors (Lipinski definition) is 1. The molecule has 3 nitrogen and oxygen atoms in total. The van der Waals surface area contributed by atoms with Gasteiger partial charge in [0.15, 0.2) is 0 Å². The van der Waals surface area contributed by atoms with Crippen LogP contribution in [0.3, 0.4) is 0 Å². The molecule has 0 aliphatic heterocycles. The van der Waals surface area contributed by atoms with Gasteiger partial charge in [-0.3, -0.25) is 0 Å². The highest BCUT2D eigenvalue weighted by Crippen LogP contribution is 2.19. The van der Waals surface area contributed by atoms with Crippen molar-refractivity contribution in [1.29, 1.82) is 0 Å². The van der Waals surface area contributed by atoms with E-state index in [1.54, 1.807) is 0 Å². The van der Waals surface area contributed by atoms with Crippen molar-refractivity contribution in [3.8, 4) is 0 Å². The molecule has 0 aromatic rings. The van der Waals surface area contributed by atoms with Crippen LogP contribution in [-0.4, -0.2) is 33.5 Å². The lowest BCUT2D eigenvalue weighted by molar-refractivity contribution is 0.278. The molecule has 15 heavy (non-hydrogen) atoms. The van der Waals surface area contributed by atoms with Gasteiger partial charge in [-0.25, -0.2) is 8.42 Å². The summed E-state index contributed by atoms with van der Waals surface area (Å²) in [5.41, 5.74) is 0. The van der Waals surface area contributed by atoms with E-state index in [4.69, 9.17) is 0 Å². The van der Waals surface area contributed by atoms with Gasteiger partial charge < -0.3 is 5.32 Å². The van der Waals surface area contributed by atoms with Crippen molar-refractivity contribution >= 4 is 9.84 Å². The molecule has 0 saturated heterocycles. The average molecular weight is 235 g/mol. The fourth-order valence-electron chi connectivity index (χ4n) is 1.77. The van der Waals surface area contributed by atoms with Gasteiger partial charge in [0, 0.05) is 12.8 Å². The lowest BCUT2D eigenvalue weighted by atomic mass is 9.85. The standard InChI is InChI=1S/C11H25NO2S/c1-9(2)11(10(3)4)8-12-6-7-15(5,13)14/h9-12H,6-8H2,1-5H3. The maximum atomic E-state index is 10.9. The molecular formula is C11H25NO2S. The van der Waals surface area contributed by atoms with Crippen LogP contribution in [0, 0.1) is 17.8 Å². The molecule has 0 aliphatic rings. The summed E-state index contributed by atoms with van der Waals surface area (Å²) in [7, 11) is -2.83. The summed E-state index contributed by atoms with van der Waals surface area (Å²) in [6.07, 6.45) is 1.27. The van der Waals surface area contributed by atoms with Crippen LogP contribution in [0.2, 0.25) is 0 Å². The molecule has 0 spiro atoms. The first-order valence-corrected chi connectivity index (χ1v) is 7.68. The van der Waals surface area contributed by atoms with Crippen molar-refractivity contribution in [2.45, 2.75) is 27.7 Å². The van der Waals surface area contributed by atoms with Crippen molar-refractivity contribution in [3.05, 3.63) is 0 Å². The molecule has 0 radical (unpaired) electrons. The summed E-state index contributed by atoms with van der Waals surface area (Å²) in [5.74, 6) is 2.12. The van der Waals surface area contributed by atoms with Gasteiger partial charge >= 0.3 is 0 Å². The van der Waals surface area contributed by atoms with E-state index in [-0.39, 0.29) is 5.75 Å². The minimum Gasteiger partial charge on any atom is -0.315 e. The SMILES string of the molecule is CC(C)C(CNCCS(C)(=O)=O)C(C)C. The highest BCUT2D eigenvalue weighted by Gasteiger charge is 2.16. The lowest BCUT2D eigenvalue weighted by Crippen LogP contribution is -2.32. The Bertz CT molecular complexity index is 250. The first-order chi connectivity index (χ1) is 6.74. The largest absolute Gasteiger partial charge is 0.315 e. The summed E-state index contributed by atoms with van der Waals surface area (Å²) in [5, 5.41) is 3.23. The van der Waals surface area contributed by atoms with Crippen LogP contribution in [0.5, 0.6) is 0 Å². The molecule has 0 unspecified atom stereocenters. The third-order valence-electron chi connectivity index (χ3n) is 2.74. The van der Waals surface area contributed by atoms with E-state index < -0.39 is 9.84 Å². The average Bonchev–Trinajstić information content (AvgIpc) is 2.00. The smallest absolute Gasteiger partial charge is 0.148 e. The number of nitrogens with one attached hydrogen (secondary N) is 1. The Hall–Kier alpha value is -0.0900. The van der Waals surface area contributed by atoms with Gasteiger partial charge in [0.2, 0.25) is 0 Å². The molecule has 0 fully saturated rings. The van der Waals surface area contributed by atoms with Crippen LogP contribution in [0.15, 0.2) is 0 Å². The number of hydrogen-bond acceptors (Lipinski definition) is 3. The number of rotatable bonds is 7. The summed E-state index contributed by atoms with van der Waals surface area (Å²) in [4.78, 5) is 0. The Morgan fingerprint density at radius 1 is 1.07 bits per heavy atom. The zero-order valence-electron chi connectivity index (χ0n) is 10.6. The van der Waals surface area contributed by atoms with Crippen molar-refractivity contribution in [2.24, 2.45) is 17.8 Å².